The predicted molar refractivity (Wildman–Crippen MR) is 191 cm³/mol. The number of morpholine rings is 1. The van der Waals surface area contributed by atoms with Crippen LogP contribution < -0.4 is 20.3 Å². The van der Waals surface area contributed by atoms with Crippen LogP contribution in [-0.2, 0) is 17.8 Å². The molecule has 258 valence electrons. The number of H-pyrrole nitrogens is 1. The van der Waals surface area contributed by atoms with Crippen LogP contribution in [0.5, 0.6) is 11.5 Å². The van der Waals surface area contributed by atoms with Gasteiger partial charge in [0.25, 0.3) is 17.3 Å². The third-order valence-electron chi connectivity index (χ3n) is 10.9. The molecular formula is C38H50N4O5S. The summed E-state index contributed by atoms with van der Waals surface area (Å²) in [6.07, 6.45) is 6.03. The number of ether oxygens (including phenoxy) is 3. The van der Waals surface area contributed by atoms with Crippen molar-refractivity contribution in [3.63, 3.8) is 0 Å². The molecular weight excluding hydrogens is 625 g/mol. The first-order valence-corrected chi connectivity index (χ1v) is 18.3. The average Bonchev–Trinajstić information content (AvgIpc) is 3.45. The fourth-order valence-electron chi connectivity index (χ4n) is 7.38. The molecule has 1 saturated carbocycles. The topological polar surface area (TPSA) is 96.1 Å². The summed E-state index contributed by atoms with van der Waals surface area (Å²) in [5.74, 6) is 0.150. The van der Waals surface area contributed by atoms with Crippen molar-refractivity contribution in [2.45, 2.75) is 83.2 Å². The van der Waals surface area contributed by atoms with Gasteiger partial charge in [-0.05, 0) is 83.1 Å². The van der Waals surface area contributed by atoms with Crippen molar-refractivity contribution in [3.8, 4) is 22.6 Å². The number of hydrogen-bond donors (Lipinski definition) is 2. The van der Waals surface area contributed by atoms with Crippen LogP contribution >= 0.6 is 11.8 Å². The second-order valence-corrected chi connectivity index (χ2v) is 15.1. The standard InChI is InChI=1S/C38H50N4O5S/c1-24-20-32(48-7)31(36(44)40-24)22-39-35(43)29-21-30(27-10-8-26(9-11-27)23-42-16-18-45-19-17-42)34-33(25(29)2)46-38(4,47-34)37(3)14-12-28(13-15-37)41(5)6/h8-11,20-21,28H,12-19,22-23H2,1-7H3,(H,39,43)(H,40,44). The smallest absolute Gasteiger partial charge is 0.254 e. The summed E-state index contributed by atoms with van der Waals surface area (Å²) in [6, 6.07) is 12.9. The number of hydrogen-bond acceptors (Lipinski definition) is 8. The maximum atomic E-state index is 14.0. The van der Waals surface area contributed by atoms with E-state index in [-0.39, 0.29) is 23.4 Å². The number of nitrogens with one attached hydrogen (secondary N) is 2. The number of amides is 1. The predicted octanol–water partition coefficient (Wildman–Crippen LogP) is 6.14. The highest BCUT2D eigenvalue weighted by Gasteiger charge is 2.55. The van der Waals surface area contributed by atoms with Crippen LogP contribution in [0.4, 0.5) is 0 Å². The lowest BCUT2D eigenvalue weighted by molar-refractivity contribution is -0.173. The van der Waals surface area contributed by atoms with E-state index in [9.17, 15) is 9.59 Å². The third kappa shape index (κ3) is 6.77. The highest BCUT2D eigenvalue weighted by atomic mass is 32.2. The van der Waals surface area contributed by atoms with Crippen LogP contribution in [0.25, 0.3) is 11.1 Å². The molecule has 3 aromatic rings. The molecule has 1 atom stereocenters. The van der Waals surface area contributed by atoms with E-state index in [0.717, 1.165) is 85.8 Å². The molecule has 1 aliphatic carbocycles. The molecule has 3 aliphatic rings. The monoisotopic (exact) mass is 674 g/mol. The zero-order valence-electron chi connectivity index (χ0n) is 29.5. The second kappa shape index (κ2) is 13.9. The molecule has 2 aromatic carbocycles. The molecule has 1 unspecified atom stereocenters. The van der Waals surface area contributed by atoms with E-state index in [4.69, 9.17) is 14.2 Å². The first-order chi connectivity index (χ1) is 22.9. The van der Waals surface area contributed by atoms with E-state index >= 15 is 0 Å². The molecule has 10 heteroatoms. The molecule has 2 aliphatic heterocycles. The van der Waals surface area contributed by atoms with Crippen LogP contribution in [0.2, 0.25) is 0 Å². The Balaban J connectivity index is 1.34. The number of carbonyl (C=O) groups excluding carboxylic acids is 1. The Hall–Kier alpha value is -3.31. The number of benzene rings is 2. The van der Waals surface area contributed by atoms with Gasteiger partial charge in [-0.1, -0.05) is 31.2 Å². The SMILES string of the molecule is CSc1cc(C)[nH]c(=O)c1CNC(=O)c1cc(-c2ccc(CN3CCOCC3)cc2)c2c(c1C)OC(C)(C1(C)CCC(N(C)C)CC1)O2. The number of carbonyl (C=O) groups is 1. The number of thioether (sulfide) groups is 1. The Bertz CT molecular complexity index is 1710. The molecule has 1 aromatic heterocycles. The highest BCUT2D eigenvalue weighted by molar-refractivity contribution is 7.98. The van der Waals surface area contributed by atoms with Crippen molar-refractivity contribution in [3.05, 3.63) is 74.7 Å². The summed E-state index contributed by atoms with van der Waals surface area (Å²) in [5.41, 5.74) is 5.18. The van der Waals surface area contributed by atoms with Crippen molar-refractivity contribution in [1.29, 1.82) is 0 Å². The molecule has 48 heavy (non-hydrogen) atoms. The van der Waals surface area contributed by atoms with Gasteiger partial charge in [0, 0.05) is 77.4 Å². The first kappa shape index (κ1) is 34.5. The fourth-order valence-corrected chi connectivity index (χ4v) is 8.09. The summed E-state index contributed by atoms with van der Waals surface area (Å²) in [6.45, 7) is 12.5. The van der Waals surface area contributed by atoms with Gasteiger partial charge in [0.2, 0.25) is 0 Å². The first-order valence-electron chi connectivity index (χ1n) is 17.1. The molecule has 0 spiro atoms. The van der Waals surface area contributed by atoms with Gasteiger partial charge >= 0.3 is 0 Å². The summed E-state index contributed by atoms with van der Waals surface area (Å²) in [4.78, 5) is 35.2. The van der Waals surface area contributed by atoms with Crippen molar-refractivity contribution >= 4 is 17.7 Å². The van der Waals surface area contributed by atoms with Gasteiger partial charge in [-0.25, -0.2) is 0 Å². The summed E-state index contributed by atoms with van der Waals surface area (Å²) in [5, 5.41) is 3.03. The minimum Gasteiger partial charge on any atom is -0.448 e. The Morgan fingerprint density at radius 2 is 1.71 bits per heavy atom. The number of aromatic amines is 1. The van der Waals surface area contributed by atoms with Gasteiger partial charge in [0.05, 0.1) is 13.2 Å². The number of rotatable bonds is 9. The molecule has 1 amide bonds. The van der Waals surface area contributed by atoms with Crippen LogP contribution in [-0.4, -0.2) is 79.2 Å². The van der Waals surface area contributed by atoms with Crippen LogP contribution in [0.1, 0.15) is 72.3 Å². The van der Waals surface area contributed by atoms with Gasteiger partial charge in [-0.15, -0.1) is 11.8 Å². The van der Waals surface area contributed by atoms with Gasteiger partial charge < -0.3 is 29.4 Å². The number of aryl methyl sites for hydroxylation is 1. The summed E-state index contributed by atoms with van der Waals surface area (Å²) >= 11 is 1.50. The maximum absolute atomic E-state index is 14.0. The van der Waals surface area contributed by atoms with Crippen LogP contribution in [0.3, 0.4) is 0 Å². The Labute approximate surface area is 288 Å². The Morgan fingerprint density at radius 1 is 1.04 bits per heavy atom. The number of aromatic nitrogens is 1. The largest absolute Gasteiger partial charge is 0.448 e. The Morgan fingerprint density at radius 3 is 2.35 bits per heavy atom. The third-order valence-corrected chi connectivity index (χ3v) is 11.7. The van der Waals surface area contributed by atoms with E-state index in [1.165, 1.54) is 17.3 Å². The zero-order chi connectivity index (χ0) is 34.2. The highest BCUT2D eigenvalue weighted by Crippen LogP contribution is 2.57. The zero-order valence-corrected chi connectivity index (χ0v) is 30.3. The number of nitrogens with zero attached hydrogens (tertiary/aromatic N) is 2. The van der Waals surface area contributed by atoms with Crippen molar-refractivity contribution in [2.24, 2.45) is 5.41 Å². The summed E-state index contributed by atoms with van der Waals surface area (Å²) < 4.78 is 19.3. The Kier molecular flexibility index (Phi) is 10.0. The van der Waals surface area contributed by atoms with Gasteiger partial charge in [-0.3, -0.25) is 14.5 Å². The number of fused-ring (bicyclic) bond motifs is 1. The average molecular weight is 675 g/mol. The van der Waals surface area contributed by atoms with Crippen molar-refractivity contribution in [1.82, 2.24) is 20.1 Å². The van der Waals surface area contributed by atoms with E-state index in [2.05, 4.69) is 72.3 Å². The lowest BCUT2D eigenvalue weighted by Crippen LogP contribution is -2.53. The minimum atomic E-state index is -0.889. The molecule has 2 fully saturated rings. The van der Waals surface area contributed by atoms with E-state index in [1.807, 2.05) is 32.2 Å². The van der Waals surface area contributed by atoms with Crippen LogP contribution in [0, 0.1) is 19.3 Å². The van der Waals surface area contributed by atoms with E-state index < -0.39 is 5.79 Å². The van der Waals surface area contributed by atoms with Crippen molar-refractivity contribution < 1.29 is 19.0 Å². The van der Waals surface area contributed by atoms with Gasteiger partial charge in [0.15, 0.2) is 11.5 Å². The fraction of sp³-hybridized carbons (Fsp3) is 0.526. The molecule has 9 nitrogen and oxygen atoms in total. The van der Waals surface area contributed by atoms with Crippen molar-refractivity contribution in [2.75, 3.05) is 46.7 Å². The lowest BCUT2D eigenvalue weighted by atomic mass is 9.68. The minimum absolute atomic E-state index is 0.118. The second-order valence-electron chi connectivity index (χ2n) is 14.3. The van der Waals surface area contributed by atoms with Gasteiger partial charge in [0.1, 0.15) is 0 Å². The van der Waals surface area contributed by atoms with E-state index in [0.29, 0.717) is 28.7 Å². The molecule has 6 rings (SSSR count). The molecule has 0 bridgehead atoms. The molecule has 3 heterocycles. The van der Waals surface area contributed by atoms with Crippen LogP contribution in [0.15, 0.2) is 46.1 Å². The quantitative estimate of drug-likeness (QED) is 0.262. The maximum Gasteiger partial charge on any atom is 0.254 e. The number of pyridine rings is 1. The lowest BCUT2D eigenvalue weighted by Gasteiger charge is -2.47. The molecule has 2 N–H and O–H groups in total. The molecule has 1 saturated heterocycles. The van der Waals surface area contributed by atoms with E-state index in [1.54, 1.807) is 0 Å². The normalized spacial score (nSPS) is 24.2. The molecule has 0 radical (unpaired) electrons. The van der Waals surface area contributed by atoms with Gasteiger partial charge in [-0.2, -0.15) is 0 Å². The summed E-state index contributed by atoms with van der Waals surface area (Å²) in [7, 11) is 4.30.